The number of carboxylic acids is 1. The Morgan fingerprint density at radius 1 is 1.58 bits per heavy atom. The number of hydrogen-bond acceptors (Lipinski definition) is 2. The second-order valence-electron chi connectivity index (χ2n) is 3.41. The highest BCUT2D eigenvalue weighted by molar-refractivity contribution is 5.71. The van der Waals surface area contributed by atoms with Crippen molar-refractivity contribution in [3.63, 3.8) is 0 Å². The van der Waals surface area contributed by atoms with E-state index < -0.39 is 5.97 Å². The number of carbonyl (C=O) groups is 1. The van der Waals surface area contributed by atoms with E-state index in [2.05, 4.69) is 5.32 Å². The van der Waals surface area contributed by atoms with Crippen molar-refractivity contribution in [2.75, 3.05) is 13.1 Å². The van der Waals surface area contributed by atoms with Crippen molar-refractivity contribution in [1.82, 2.24) is 5.32 Å². The van der Waals surface area contributed by atoms with E-state index in [0.29, 0.717) is 5.92 Å². The van der Waals surface area contributed by atoms with Crippen LogP contribution in [0.25, 0.3) is 0 Å². The van der Waals surface area contributed by atoms with Gasteiger partial charge in [0.05, 0.1) is 5.92 Å². The monoisotopic (exact) mass is 170 g/mol. The molecular formula is C9H16NO2. The van der Waals surface area contributed by atoms with Gasteiger partial charge in [-0.1, -0.05) is 6.92 Å². The van der Waals surface area contributed by atoms with E-state index in [1.165, 1.54) is 0 Å². The molecule has 1 saturated heterocycles. The maximum absolute atomic E-state index is 10.5. The molecule has 0 spiro atoms. The fraction of sp³-hybridized carbons (Fsp3) is 0.778. The molecule has 1 heterocycles. The summed E-state index contributed by atoms with van der Waals surface area (Å²) in [6.45, 7) is 3.78. The lowest BCUT2D eigenvalue weighted by atomic mass is 9.89. The molecule has 12 heavy (non-hydrogen) atoms. The molecule has 1 radical (unpaired) electrons. The van der Waals surface area contributed by atoms with Crippen molar-refractivity contribution < 1.29 is 9.90 Å². The minimum atomic E-state index is -0.714. The van der Waals surface area contributed by atoms with E-state index >= 15 is 0 Å². The zero-order chi connectivity index (χ0) is 8.97. The summed E-state index contributed by atoms with van der Waals surface area (Å²) >= 11 is 0. The van der Waals surface area contributed by atoms with Crippen LogP contribution in [-0.2, 0) is 4.79 Å². The zero-order valence-electron chi connectivity index (χ0n) is 7.42. The molecule has 1 aliphatic rings. The molecule has 1 aliphatic heterocycles. The number of nitrogens with one attached hydrogen (secondary N) is 1. The van der Waals surface area contributed by atoms with Gasteiger partial charge in [0.1, 0.15) is 0 Å². The van der Waals surface area contributed by atoms with Gasteiger partial charge in [0, 0.05) is 0 Å². The Morgan fingerprint density at radius 2 is 2.17 bits per heavy atom. The Kier molecular flexibility index (Phi) is 3.53. The summed E-state index contributed by atoms with van der Waals surface area (Å²) < 4.78 is 0. The molecule has 1 fully saturated rings. The Bertz CT molecular complexity index is 153. The lowest BCUT2D eigenvalue weighted by Gasteiger charge is -2.23. The summed E-state index contributed by atoms with van der Waals surface area (Å²) in [5.41, 5.74) is 0. The van der Waals surface area contributed by atoms with E-state index in [-0.39, 0.29) is 5.92 Å². The molecule has 1 rings (SSSR count). The number of carboxylic acid groups (broad SMARTS) is 1. The predicted octanol–water partition coefficient (Wildman–Crippen LogP) is 0.911. The first-order valence-electron chi connectivity index (χ1n) is 4.48. The fourth-order valence-corrected chi connectivity index (χ4v) is 1.53. The van der Waals surface area contributed by atoms with Crippen LogP contribution in [0.4, 0.5) is 0 Å². The second-order valence-corrected chi connectivity index (χ2v) is 3.41. The average Bonchev–Trinajstić information content (AvgIpc) is 2.06. The number of hydrogen-bond donors (Lipinski definition) is 2. The second kappa shape index (κ2) is 4.45. The molecule has 1 unspecified atom stereocenters. The Hall–Kier alpha value is -0.570. The standard InChI is InChI=1S/C9H16NO2/c1-7(9(11)12)6-8-2-4-10-5-3-8/h6-8,10H,2-5H2,1H3,(H,11,12). The van der Waals surface area contributed by atoms with Gasteiger partial charge in [0.2, 0.25) is 0 Å². The normalized spacial score (nSPS) is 22.1. The SMILES string of the molecule is CC([CH]C1CCNCC1)C(=O)O. The van der Waals surface area contributed by atoms with Gasteiger partial charge in [0.25, 0.3) is 0 Å². The highest BCUT2D eigenvalue weighted by Gasteiger charge is 2.19. The van der Waals surface area contributed by atoms with Gasteiger partial charge < -0.3 is 10.4 Å². The predicted molar refractivity (Wildman–Crippen MR) is 46.7 cm³/mol. The van der Waals surface area contributed by atoms with Crippen LogP contribution in [0.5, 0.6) is 0 Å². The third-order valence-corrected chi connectivity index (χ3v) is 2.33. The van der Waals surface area contributed by atoms with Crippen LogP contribution in [0.15, 0.2) is 0 Å². The summed E-state index contributed by atoms with van der Waals surface area (Å²) in [6, 6.07) is 0. The van der Waals surface area contributed by atoms with Crippen LogP contribution in [0, 0.1) is 18.3 Å². The molecule has 0 saturated carbocycles. The lowest BCUT2D eigenvalue weighted by molar-refractivity contribution is -0.140. The molecule has 0 aromatic carbocycles. The lowest BCUT2D eigenvalue weighted by Crippen LogP contribution is -2.29. The molecule has 0 aromatic heterocycles. The number of rotatable bonds is 3. The van der Waals surface area contributed by atoms with Crippen LogP contribution < -0.4 is 5.32 Å². The van der Waals surface area contributed by atoms with E-state index in [4.69, 9.17) is 5.11 Å². The Morgan fingerprint density at radius 3 is 2.67 bits per heavy atom. The molecule has 2 N–H and O–H groups in total. The van der Waals surface area contributed by atoms with Crippen LogP contribution in [0.2, 0.25) is 0 Å². The van der Waals surface area contributed by atoms with Gasteiger partial charge in [0.15, 0.2) is 0 Å². The van der Waals surface area contributed by atoms with Crippen molar-refractivity contribution >= 4 is 5.97 Å². The first-order chi connectivity index (χ1) is 5.70. The van der Waals surface area contributed by atoms with Gasteiger partial charge in [-0.05, 0) is 38.3 Å². The topological polar surface area (TPSA) is 49.3 Å². The van der Waals surface area contributed by atoms with E-state index in [1.54, 1.807) is 6.92 Å². The summed E-state index contributed by atoms with van der Waals surface area (Å²) in [5, 5.41) is 11.9. The summed E-state index contributed by atoms with van der Waals surface area (Å²) in [4.78, 5) is 10.5. The number of aliphatic carboxylic acids is 1. The Balaban J connectivity index is 2.24. The minimum Gasteiger partial charge on any atom is -0.481 e. The highest BCUT2D eigenvalue weighted by Crippen LogP contribution is 2.19. The average molecular weight is 170 g/mol. The van der Waals surface area contributed by atoms with E-state index in [9.17, 15) is 4.79 Å². The van der Waals surface area contributed by atoms with Gasteiger partial charge in [-0.2, -0.15) is 0 Å². The Labute approximate surface area is 73.2 Å². The third-order valence-electron chi connectivity index (χ3n) is 2.33. The summed E-state index contributed by atoms with van der Waals surface area (Å²) in [6.07, 6.45) is 4.12. The summed E-state index contributed by atoms with van der Waals surface area (Å²) in [7, 11) is 0. The molecule has 0 aliphatic carbocycles. The minimum absolute atomic E-state index is 0.298. The van der Waals surface area contributed by atoms with Gasteiger partial charge in [-0.3, -0.25) is 4.79 Å². The smallest absolute Gasteiger partial charge is 0.306 e. The van der Waals surface area contributed by atoms with Gasteiger partial charge >= 0.3 is 5.97 Å². The van der Waals surface area contributed by atoms with Crippen molar-refractivity contribution in [2.45, 2.75) is 19.8 Å². The molecule has 0 bridgehead atoms. The van der Waals surface area contributed by atoms with Crippen molar-refractivity contribution in [2.24, 2.45) is 11.8 Å². The fourth-order valence-electron chi connectivity index (χ4n) is 1.53. The maximum Gasteiger partial charge on any atom is 0.306 e. The van der Waals surface area contributed by atoms with Crippen molar-refractivity contribution in [1.29, 1.82) is 0 Å². The maximum atomic E-state index is 10.5. The molecule has 3 heteroatoms. The zero-order valence-corrected chi connectivity index (χ0v) is 7.42. The van der Waals surface area contributed by atoms with Crippen LogP contribution in [0.3, 0.4) is 0 Å². The molecule has 69 valence electrons. The van der Waals surface area contributed by atoms with Crippen molar-refractivity contribution in [3.8, 4) is 0 Å². The molecular weight excluding hydrogens is 154 g/mol. The van der Waals surface area contributed by atoms with Gasteiger partial charge in [-0.25, -0.2) is 0 Å². The van der Waals surface area contributed by atoms with E-state index in [1.807, 2.05) is 6.42 Å². The first kappa shape index (κ1) is 9.52. The first-order valence-corrected chi connectivity index (χ1v) is 4.48. The van der Waals surface area contributed by atoms with Crippen LogP contribution in [0.1, 0.15) is 19.8 Å². The molecule has 0 amide bonds. The van der Waals surface area contributed by atoms with Crippen LogP contribution in [-0.4, -0.2) is 24.2 Å². The molecule has 1 atom stereocenters. The highest BCUT2D eigenvalue weighted by atomic mass is 16.4. The third kappa shape index (κ3) is 2.81. The molecule has 3 nitrogen and oxygen atoms in total. The molecule has 0 aromatic rings. The largest absolute Gasteiger partial charge is 0.481 e. The number of piperidine rings is 1. The quantitative estimate of drug-likeness (QED) is 0.662. The van der Waals surface area contributed by atoms with Crippen molar-refractivity contribution in [3.05, 3.63) is 6.42 Å². The van der Waals surface area contributed by atoms with Crippen LogP contribution >= 0.6 is 0 Å². The summed E-state index contributed by atoms with van der Waals surface area (Å²) in [5.74, 6) is -0.515. The van der Waals surface area contributed by atoms with Gasteiger partial charge in [-0.15, -0.1) is 0 Å². The van der Waals surface area contributed by atoms with E-state index in [0.717, 1.165) is 25.9 Å².